The summed E-state index contributed by atoms with van der Waals surface area (Å²) in [5.74, 6) is 0. The van der Waals surface area contributed by atoms with Crippen molar-refractivity contribution < 1.29 is 12.6 Å². The van der Waals surface area contributed by atoms with Gasteiger partial charge in [0.15, 0.2) is 0 Å². The lowest BCUT2D eigenvalue weighted by molar-refractivity contribution is 0.216. The molecule has 0 amide bonds. The maximum atomic E-state index is 10.9. The van der Waals surface area contributed by atoms with Crippen LogP contribution in [0.5, 0.6) is 0 Å². The Morgan fingerprint density at radius 3 is 1.88 bits per heavy atom. The van der Waals surface area contributed by atoms with Gasteiger partial charge in [0, 0.05) is 0 Å². The minimum Gasteiger partial charge on any atom is -0.267 e. The molecule has 0 aliphatic heterocycles. The van der Waals surface area contributed by atoms with Gasteiger partial charge in [0.2, 0.25) is 0 Å². The molecule has 0 fully saturated rings. The molecule has 3 nitrogen and oxygen atoms in total. The number of hydrogen-bond acceptors (Lipinski definition) is 3. The van der Waals surface area contributed by atoms with Gasteiger partial charge in [-0.25, -0.2) is 0 Å². The average molecular weight is 264 g/mol. The summed E-state index contributed by atoms with van der Waals surface area (Å²) in [5, 5.41) is 0. The zero-order valence-corrected chi connectivity index (χ0v) is 12.4. The summed E-state index contributed by atoms with van der Waals surface area (Å²) >= 11 is 0. The van der Waals surface area contributed by atoms with E-state index in [4.69, 9.17) is 4.18 Å². The Labute approximate surface area is 107 Å². The van der Waals surface area contributed by atoms with Crippen LogP contribution in [0.15, 0.2) is 0 Å². The lowest BCUT2D eigenvalue weighted by atomic mass is 10.1. The van der Waals surface area contributed by atoms with Crippen LogP contribution in [0.2, 0.25) is 0 Å². The van der Waals surface area contributed by atoms with Crippen LogP contribution in [0.25, 0.3) is 0 Å². The van der Waals surface area contributed by atoms with E-state index in [1.54, 1.807) is 0 Å². The van der Waals surface area contributed by atoms with Gasteiger partial charge in [-0.15, -0.1) is 0 Å². The van der Waals surface area contributed by atoms with E-state index >= 15 is 0 Å². The second-order valence-corrected chi connectivity index (χ2v) is 6.48. The Hall–Kier alpha value is -0.0900. The third-order valence-electron chi connectivity index (χ3n) is 2.80. The van der Waals surface area contributed by atoms with E-state index in [0.717, 1.165) is 19.1 Å². The lowest BCUT2D eigenvalue weighted by Gasteiger charge is -2.10. The van der Waals surface area contributed by atoms with Crippen LogP contribution in [-0.2, 0) is 14.3 Å². The van der Waals surface area contributed by atoms with Crippen LogP contribution in [0, 0.1) is 0 Å². The lowest BCUT2D eigenvalue weighted by Crippen LogP contribution is -2.13. The maximum absolute atomic E-state index is 10.9. The predicted octanol–water partition coefficient (Wildman–Crippen LogP) is 3.88. The van der Waals surface area contributed by atoms with Crippen LogP contribution in [0.3, 0.4) is 0 Å². The molecular weight excluding hydrogens is 236 g/mol. The Balaban J connectivity index is 3.28. The number of hydrogen-bond donors (Lipinski definition) is 0. The summed E-state index contributed by atoms with van der Waals surface area (Å²) < 4.78 is 26.6. The van der Waals surface area contributed by atoms with Crippen molar-refractivity contribution in [3.05, 3.63) is 0 Å². The highest BCUT2D eigenvalue weighted by Gasteiger charge is 2.09. The van der Waals surface area contributed by atoms with Gasteiger partial charge < -0.3 is 0 Å². The minimum atomic E-state index is -3.28. The molecule has 0 aromatic rings. The van der Waals surface area contributed by atoms with E-state index in [2.05, 4.69) is 6.92 Å². The highest BCUT2D eigenvalue weighted by atomic mass is 32.2. The molecule has 0 aromatic heterocycles. The Morgan fingerprint density at radius 2 is 1.41 bits per heavy atom. The molecule has 104 valence electrons. The maximum Gasteiger partial charge on any atom is 0.264 e. The van der Waals surface area contributed by atoms with Crippen molar-refractivity contribution in [3.63, 3.8) is 0 Å². The minimum absolute atomic E-state index is 0.176. The molecule has 0 heterocycles. The first kappa shape index (κ1) is 16.9. The summed E-state index contributed by atoms with van der Waals surface area (Å²) in [5.41, 5.74) is 0. The molecule has 0 rings (SSSR count). The Kier molecular flexibility index (Phi) is 9.84. The second-order valence-electron chi connectivity index (χ2n) is 4.87. The zero-order valence-electron chi connectivity index (χ0n) is 11.6. The molecule has 0 radical (unpaired) electrons. The first-order valence-corrected chi connectivity index (χ1v) is 8.65. The molecule has 0 aromatic carbocycles. The van der Waals surface area contributed by atoms with Gasteiger partial charge >= 0.3 is 0 Å². The molecule has 0 saturated heterocycles. The van der Waals surface area contributed by atoms with Crippen molar-refractivity contribution in [2.45, 2.75) is 77.7 Å². The van der Waals surface area contributed by atoms with Crippen molar-refractivity contribution in [3.8, 4) is 0 Å². The molecule has 0 spiro atoms. The first-order valence-electron chi connectivity index (χ1n) is 6.84. The Morgan fingerprint density at radius 1 is 0.941 bits per heavy atom. The van der Waals surface area contributed by atoms with Crippen molar-refractivity contribution in [2.75, 3.05) is 6.26 Å². The SMILES string of the molecule is CCCCCCCCCCC(C)OS(C)(=O)=O. The molecule has 0 aliphatic rings. The van der Waals surface area contributed by atoms with E-state index in [1.165, 1.54) is 44.9 Å². The van der Waals surface area contributed by atoms with Gasteiger partial charge in [-0.1, -0.05) is 58.3 Å². The van der Waals surface area contributed by atoms with Gasteiger partial charge in [-0.3, -0.25) is 4.18 Å². The summed E-state index contributed by atoms with van der Waals surface area (Å²) in [4.78, 5) is 0. The predicted molar refractivity (Wildman–Crippen MR) is 72.6 cm³/mol. The highest BCUT2D eigenvalue weighted by Crippen LogP contribution is 2.12. The summed E-state index contributed by atoms with van der Waals surface area (Å²) in [6, 6.07) is 0. The van der Waals surface area contributed by atoms with Gasteiger partial charge in [0.1, 0.15) is 0 Å². The fourth-order valence-corrected chi connectivity index (χ4v) is 2.61. The average Bonchev–Trinajstić information content (AvgIpc) is 2.19. The van der Waals surface area contributed by atoms with E-state index in [9.17, 15) is 8.42 Å². The van der Waals surface area contributed by atoms with Gasteiger partial charge in [-0.2, -0.15) is 8.42 Å². The third-order valence-corrected chi connectivity index (χ3v) is 3.48. The summed E-state index contributed by atoms with van der Waals surface area (Å²) in [6.07, 6.45) is 11.9. The van der Waals surface area contributed by atoms with Gasteiger partial charge in [0.25, 0.3) is 10.1 Å². The van der Waals surface area contributed by atoms with E-state index < -0.39 is 10.1 Å². The summed E-state index contributed by atoms with van der Waals surface area (Å²) in [7, 11) is -3.28. The van der Waals surface area contributed by atoms with Crippen LogP contribution < -0.4 is 0 Å². The van der Waals surface area contributed by atoms with Crippen molar-refractivity contribution in [2.24, 2.45) is 0 Å². The molecule has 0 bridgehead atoms. The fraction of sp³-hybridized carbons (Fsp3) is 1.00. The topological polar surface area (TPSA) is 43.4 Å². The smallest absolute Gasteiger partial charge is 0.264 e. The van der Waals surface area contributed by atoms with Crippen molar-refractivity contribution in [1.29, 1.82) is 0 Å². The molecular formula is C13H28O3S. The van der Waals surface area contributed by atoms with E-state index in [1.807, 2.05) is 6.92 Å². The molecule has 4 heteroatoms. The molecule has 1 unspecified atom stereocenters. The largest absolute Gasteiger partial charge is 0.267 e. The van der Waals surface area contributed by atoms with Crippen LogP contribution >= 0.6 is 0 Å². The van der Waals surface area contributed by atoms with Crippen LogP contribution in [-0.4, -0.2) is 20.8 Å². The van der Waals surface area contributed by atoms with E-state index in [0.29, 0.717) is 0 Å². The molecule has 0 aliphatic carbocycles. The molecule has 0 N–H and O–H groups in total. The fourth-order valence-electron chi connectivity index (χ4n) is 1.91. The molecule has 0 saturated carbocycles. The normalized spacial score (nSPS) is 13.8. The van der Waals surface area contributed by atoms with Crippen LogP contribution in [0.4, 0.5) is 0 Å². The number of rotatable bonds is 11. The molecule has 1 atom stereocenters. The second kappa shape index (κ2) is 9.89. The first-order chi connectivity index (χ1) is 7.95. The Bertz CT molecular complexity index is 260. The van der Waals surface area contributed by atoms with Crippen molar-refractivity contribution >= 4 is 10.1 Å². The van der Waals surface area contributed by atoms with E-state index in [-0.39, 0.29) is 6.10 Å². The quantitative estimate of drug-likeness (QED) is 0.420. The third kappa shape index (κ3) is 13.8. The highest BCUT2D eigenvalue weighted by molar-refractivity contribution is 7.86. The van der Waals surface area contributed by atoms with Crippen molar-refractivity contribution in [1.82, 2.24) is 0 Å². The number of unbranched alkanes of at least 4 members (excludes halogenated alkanes) is 7. The standard InChI is InChI=1S/C13H28O3S/c1-4-5-6-7-8-9-10-11-12-13(2)16-17(3,14)15/h13H,4-12H2,1-3H3. The van der Waals surface area contributed by atoms with Gasteiger partial charge in [0.05, 0.1) is 12.4 Å². The molecule has 17 heavy (non-hydrogen) atoms. The monoisotopic (exact) mass is 264 g/mol. The van der Waals surface area contributed by atoms with Gasteiger partial charge in [-0.05, 0) is 13.3 Å². The zero-order chi connectivity index (χ0) is 13.1. The summed E-state index contributed by atoms with van der Waals surface area (Å²) in [6.45, 7) is 4.05. The van der Waals surface area contributed by atoms with Crippen LogP contribution in [0.1, 0.15) is 71.6 Å².